The SMILES string of the molecule is O=c1n(Cc2nc(OCC3CCOC3)c3ccc(Br)cc3n2)c2cnccc2n1C1CCS(=O)(=O)C1. The molecule has 2 fully saturated rings. The van der Waals surface area contributed by atoms with Gasteiger partial charge in [-0.1, -0.05) is 15.9 Å². The third-order valence-electron chi connectivity index (χ3n) is 6.79. The third kappa shape index (κ3) is 4.41. The van der Waals surface area contributed by atoms with Crippen LogP contribution in [0.1, 0.15) is 24.7 Å². The van der Waals surface area contributed by atoms with Crippen LogP contribution in [0.15, 0.2) is 45.9 Å². The zero-order valence-corrected chi connectivity index (χ0v) is 21.7. The highest BCUT2D eigenvalue weighted by Crippen LogP contribution is 2.29. The number of hydrogen-bond donors (Lipinski definition) is 0. The van der Waals surface area contributed by atoms with Crippen LogP contribution < -0.4 is 10.4 Å². The number of nitrogens with zero attached hydrogens (tertiary/aromatic N) is 5. The average Bonchev–Trinajstić information content (AvgIpc) is 3.56. The molecular formula is C24H24BrN5O5S. The van der Waals surface area contributed by atoms with E-state index in [4.69, 9.17) is 14.5 Å². The van der Waals surface area contributed by atoms with E-state index < -0.39 is 15.9 Å². The molecule has 12 heteroatoms. The number of aromatic nitrogens is 5. The number of imidazole rings is 1. The highest BCUT2D eigenvalue weighted by atomic mass is 79.9. The van der Waals surface area contributed by atoms with Crippen molar-refractivity contribution >= 4 is 47.7 Å². The first-order valence-electron chi connectivity index (χ1n) is 11.8. The van der Waals surface area contributed by atoms with Gasteiger partial charge in [0, 0.05) is 23.2 Å². The Morgan fingerprint density at radius 2 is 2.06 bits per heavy atom. The maximum absolute atomic E-state index is 13.6. The normalized spacial score (nSPS) is 21.5. The number of rotatable bonds is 6. The van der Waals surface area contributed by atoms with Gasteiger partial charge in [-0.05, 0) is 37.1 Å². The quantitative estimate of drug-likeness (QED) is 0.345. The molecular weight excluding hydrogens is 550 g/mol. The van der Waals surface area contributed by atoms with Gasteiger partial charge in [0.05, 0.1) is 65.4 Å². The molecule has 0 aliphatic carbocycles. The summed E-state index contributed by atoms with van der Waals surface area (Å²) in [5.41, 5.74) is 1.65. The number of sulfone groups is 1. The highest BCUT2D eigenvalue weighted by molar-refractivity contribution is 9.10. The Hall–Kier alpha value is -2.83. The van der Waals surface area contributed by atoms with Gasteiger partial charge < -0.3 is 9.47 Å². The zero-order chi connectivity index (χ0) is 24.9. The van der Waals surface area contributed by atoms with Crippen molar-refractivity contribution in [3.8, 4) is 5.88 Å². The van der Waals surface area contributed by atoms with Crippen molar-refractivity contribution in [2.24, 2.45) is 5.92 Å². The van der Waals surface area contributed by atoms with Crippen molar-refractivity contribution in [2.75, 3.05) is 31.3 Å². The van der Waals surface area contributed by atoms with E-state index in [2.05, 4.69) is 25.9 Å². The van der Waals surface area contributed by atoms with Gasteiger partial charge in [-0.25, -0.2) is 18.2 Å². The van der Waals surface area contributed by atoms with Crippen LogP contribution in [0.4, 0.5) is 0 Å². The lowest BCUT2D eigenvalue weighted by atomic mass is 10.1. The van der Waals surface area contributed by atoms with Gasteiger partial charge in [-0.15, -0.1) is 0 Å². The molecule has 5 heterocycles. The van der Waals surface area contributed by atoms with Gasteiger partial charge in [0.1, 0.15) is 0 Å². The first-order chi connectivity index (χ1) is 17.4. The number of hydrogen-bond acceptors (Lipinski definition) is 8. The Bertz CT molecular complexity index is 1630. The number of benzene rings is 1. The van der Waals surface area contributed by atoms with Crippen LogP contribution in [0.3, 0.4) is 0 Å². The van der Waals surface area contributed by atoms with E-state index in [1.165, 1.54) is 0 Å². The molecule has 36 heavy (non-hydrogen) atoms. The second-order valence-corrected chi connectivity index (χ2v) is 12.5. The summed E-state index contributed by atoms with van der Waals surface area (Å²) < 4.78 is 39.8. The minimum absolute atomic E-state index is 0.0439. The summed E-state index contributed by atoms with van der Waals surface area (Å²) in [7, 11) is -3.17. The van der Waals surface area contributed by atoms with E-state index >= 15 is 0 Å². The lowest BCUT2D eigenvalue weighted by molar-refractivity contribution is 0.166. The van der Waals surface area contributed by atoms with E-state index in [9.17, 15) is 13.2 Å². The van der Waals surface area contributed by atoms with Crippen LogP contribution in [-0.4, -0.2) is 63.8 Å². The van der Waals surface area contributed by atoms with Crippen LogP contribution in [0.2, 0.25) is 0 Å². The molecule has 0 amide bonds. The summed E-state index contributed by atoms with van der Waals surface area (Å²) in [6.07, 6.45) is 4.58. The first kappa shape index (κ1) is 23.6. The molecule has 0 radical (unpaired) electrons. The van der Waals surface area contributed by atoms with Crippen LogP contribution in [0, 0.1) is 5.92 Å². The molecule has 0 bridgehead atoms. The average molecular weight is 574 g/mol. The molecule has 188 valence electrons. The molecule has 4 aromatic rings. The van der Waals surface area contributed by atoms with Crippen LogP contribution in [0.5, 0.6) is 5.88 Å². The number of pyridine rings is 1. The van der Waals surface area contributed by atoms with Crippen LogP contribution in [-0.2, 0) is 21.1 Å². The maximum Gasteiger partial charge on any atom is 0.329 e. The lowest BCUT2D eigenvalue weighted by Crippen LogP contribution is -2.29. The van der Waals surface area contributed by atoms with Gasteiger partial charge in [-0.2, -0.15) is 4.98 Å². The minimum atomic E-state index is -3.17. The van der Waals surface area contributed by atoms with Gasteiger partial charge in [0.2, 0.25) is 5.88 Å². The second kappa shape index (κ2) is 9.24. The van der Waals surface area contributed by atoms with Crippen molar-refractivity contribution in [2.45, 2.75) is 25.4 Å². The predicted molar refractivity (Wildman–Crippen MR) is 137 cm³/mol. The van der Waals surface area contributed by atoms with Gasteiger partial charge >= 0.3 is 5.69 Å². The first-order valence-corrected chi connectivity index (χ1v) is 14.4. The van der Waals surface area contributed by atoms with Crippen LogP contribution >= 0.6 is 15.9 Å². The number of halogens is 1. The van der Waals surface area contributed by atoms with Crippen molar-refractivity contribution in [3.63, 3.8) is 0 Å². The maximum atomic E-state index is 13.6. The van der Waals surface area contributed by atoms with Crippen molar-refractivity contribution in [1.82, 2.24) is 24.1 Å². The van der Waals surface area contributed by atoms with Crippen molar-refractivity contribution < 1.29 is 17.9 Å². The Labute approximate surface area is 215 Å². The van der Waals surface area contributed by atoms with E-state index in [-0.39, 0.29) is 23.7 Å². The molecule has 10 nitrogen and oxygen atoms in total. The van der Waals surface area contributed by atoms with E-state index in [0.717, 1.165) is 22.9 Å². The number of fused-ring (bicyclic) bond motifs is 2. The largest absolute Gasteiger partial charge is 0.477 e. The van der Waals surface area contributed by atoms with Gasteiger partial charge in [0.25, 0.3) is 0 Å². The monoisotopic (exact) mass is 573 g/mol. The minimum Gasteiger partial charge on any atom is -0.477 e. The fraction of sp³-hybridized carbons (Fsp3) is 0.417. The summed E-state index contributed by atoms with van der Waals surface area (Å²) >= 11 is 3.50. The van der Waals surface area contributed by atoms with Crippen molar-refractivity contribution in [3.05, 3.63) is 57.4 Å². The van der Waals surface area contributed by atoms with Gasteiger partial charge in [-0.3, -0.25) is 14.1 Å². The second-order valence-electron chi connectivity index (χ2n) is 9.31. The zero-order valence-electron chi connectivity index (χ0n) is 19.3. The third-order valence-corrected chi connectivity index (χ3v) is 9.03. The Morgan fingerprint density at radius 1 is 1.17 bits per heavy atom. The number of ether oxygens (including phenoxy) is 2. The molecule has 0 saturated carbocycles. The predicted octanol–water partition coefficient (Wildman–Crippen LogP) is 2.73. The molecule has 2 saturated heterocycles. The molecule has 3 aromatic heterocycles. The summed E-state index contributed by atoms with van der Waals surface area (Å²) in [5, 5.41) is 0.786. The van der Waals surface area contributed by atoms with E-state index in [1.807, 2.05) is 18.2 Å². The summed E-state index contributed by atoms with van der Waals surface area (Å²) in [6.45, 7) is 1.99. The Balaban J connectivity index is 1.41. The van der Waals surface area contributed by atoms with E-state index in [0.29, 0.717) is 53.8 Å². The Morgan fingerprint density at radius 3 is 2.83 bits per heavy atom. The molecule has 0 spiro atoms. The lowest BCUT2D eigenvalue weighted by Gasteiger charge is -2.13. The molecule has 2 atom stereocenters. The molecule has 0 N–H and O–H groups in total. The van der Waals surface area contributed by atoms with Gasteiger partial charge in [0.15, 0.2) is 15.7 Å². The Kier molecular flexibility index (Phi) is 6.05. The molecule has 6 rings (SSSR count). The molecule has 1 aromatic carbocycles. The fourth-order valence-corrected chi connectivity index (χ4v) is 7.01. The topological polar surface area (TPSA) is 118 Å². The molecule has 2 aliphatic rings. The summed E-state index contributed by atoms with van der Waals surface area (Å²) in [5.74, 6) is 1.23. The van der Waals surface area contributed by atoms with E-state index in [1.54, 1.807) is 27.6 Å². The fourth-order valence-electron chi connectivity index (χ4n) is 4.96. The molecule has 2 unspecified atom stereocenters. The summed E-state index contributed by atoms with van der Waals surface area (Å²) in [4.78, 5) is 27.2. The van der Waals surface area contributed by atoms with Crippen molar-refractivity contribution in [1.29, 1.82) is 0 Å². The smallest absolute Gasteiger partial charge is 0.329 e. The summed E-state index contributed by atoms with van der Waals surface area (Å²) in [6, 6.07) is 7.05. The van der Waals surface area contributed by atoms with Crippen LogP contribution in [0.25, 0.3) is 21.9 Å². The highest BCUT2D eigenvalue weighted by Gasteiger charge is 2.32. The molecule has 2 aliphatic heterocycles. The standard InChI is InChI=1S/C24H24BrN5O5S/c25-16-1-2-18-19(9-16)27-22(28-23(18)35-13-15-4-7-34-12-15)11-29-21-10-26-6-3-20(21)30(24(29)31)17-5-8-36(32,33)14-17/h1-3,6,9-10,15,17H,4-5,7-8,11-14H2.